The molecule has 2 N–H and O–H groups in total. The molecule has 13 nitrogen and oxygen atoms in total. The number of non-ortho nitro benzene ring substituents is 1. The van der Waals surface area contributed by atoms with Gasteiger partial charge in [0.2, 0.25) is 5.79 Å². The van der Waals surface area contributed by atoms with Gasteiger partial charge in [-0.1, -0.05) is 49.7 Å². The Kier molecular flexibility index (Phi) is 15.5. The standard InChI is InChI=1S/C43H57N3O10/c1-5-21-45(42(49)52-8-4)39-28-37(44-55-29-30-15-17-32(18-16-30)46(50)51)35-26-31(13-9-11-22-47)34(14-10-12-23-48)40-36-27-33(53-24-6-2)19-20-38(36)56-43(39,41(35)40)54-25-7-3/h6-7,15-20,26-27,31,34,39-41,47-48H,2-3,5,8-14,21-25,28-29H2,1,4H3/t31-,34+,39-,40+,41+,43+/m0/s1. The predicted octanol–water partition coefficient (Wildman–Crippen LogP) is 7.86. The summed E-state index contributed by atoms with van der Waals surface area (Å²) in [6.45, 7) is 12.8. The second-order valence-electron chi connectivity index (χ2n) is 14.5. The molecule has 2 aromatic rings. The molecule has 0 radical (unpaired) electrons. The Balaban J connectivity index is 1.74. The number of hydrogen-bond donors (Lipinski definition) is 2. The zero-order chi connectivity index (χ0) is 40.1. The van der Waals surface area contributed by atoms with E-state index in [1.165, 1.54) is 12.1 Å². The van der Waals surface area contributed by atoms with E-state index in [2.05, 4.69) is 19.2 Å². The molecule has 1 heterocycles. The summed E-state index contributed by atoms with van der Waals surface area (Å²) < 4.78 is 25.9. The molecular formula is C43H57N3O10. The van der Waals surface area contributed by atoms with E-state index in [1.54, 1.807) is 36.1 Å². The zero-order valence-corrected chi connectivity index (χ0v) is 32.7. The van der Waals surface area contributed by atoms with Crippen LogP contribution in [0.2, 0.25) is 0 Å². The first-order valence-electron chi connectivity index (χ1n) is 19.9. The highest BCUT2D eigenvalue weighted by atomic mass is 16.7. The minimum absolute atomic E-state index is 0.0177. The summed E-state index contributed by atoms with van der Waals surface area (Å²) in [6.07, 6.45) is 10.6. The van der Waals surface area contributed by atoms with Gasteiger partial charge in [0.25, 0.3) is 5.69 Å². The van der Waals surface area contributed by atoms with Crippen LogP contribution >= 0.6 is 0 Å². The molecule has 1 saturated carbocycles. The van der Waals surface area contributed by atoms with Crippen LogP contribution in [0.1, 0.15) is 82.3 Å². The fourth-order valence-electron chi connectivity index (χ4n) is 8.61. The molecule has 0 aromatic heterocycles. The van der Waals surface area contributed by atoms with Crippen LogP contribution in [0.15, 0.2) is 84.6 Å². The minimum atomic E-state index is -1.40. The molecule has 1 fully saturated rings. The molecule has 1 aliphatic heterocycles. The number of hydrogen-bond acceptors (Lipinski definition) is 11. The molecule has 3 aliphatic rings. The van der Waals surface area contributed by atoms with E-state index in [0.717, 1.165) is 36.8 Å². The van der Waals surface area contributed by atoms with Crippen molar-refractivity contribution >= 4 is 17.5 Å². The lowest BCUT2D eigenvalue weighted by atomic mass is 9.55. The fourth-order valence-corrected chi connectivity index (χ4v) is 8.61. The fraction of sp³-hybridized carbons (Fsp3) is 0.535. The van der Waals surface area contributed by atoms with E-state index < -0.39 is 28.8 Å². The molecule has 304 valence electrons. The lowest BCUT2D eigenvalue weighted by Gasteiger charge is -2.59. The van der Waals surface area contributed by atoms with Crippen molar-refractivity contribution in [3.8, 4) is 11.5 Å². The molecule has 1 amide bonds. The van der Waals surface area contributed by atoms with Gasteiger partial charge in [0, 0.05) is 49.8 Å². The molecule has 2 aliphatic carbocycles. The maximum absolute atomic E-state index is 13.9. The Morgan fingerprint density at radius 2 is 1.79 bits per heavy atom. The number of ether oxygens (including phenoxy) is 4. The third-order valence-corrected chi connectivity index (χ3v) is 10.9. The molecule has 0 unspecified atom stereocenters. The van der Waals surface area contributed by atoms with Gasteiger partial charge in [-0.2, -0.15) is 0 Å². The number of nitro benzene ring substituents is 1. The third-order valence-electron chi connectivity index (χ3n) is 10.9. The van der Waals surface area contributed by atoms with Crippen molar-refractivity contribution in [3.63, 3.8) is 0 Å². The van der Waals surface area contributed by atoms with Gasteiger partial charge < -0.3 is 34.0 Å². The number of nitro groups is 1. The van der Waals surface area contributed by atoms with Crippen molar-refractivity contribution in [2.24, 2.45) is 22.9 Å². The van der Waals surface area contributed by atoms with Crippen LogP contribution in [0.4, 0.5) is 10.5 Å². The summed E-state index contributed by atoms with van der Waals surface area (Å²) in [4.78, 5) is 32.5. The molecule has 5 rings (SSSR count). The highest BCUT2D eigenvalue weighted by molar-refractivity contribution is 6.03. The van der Waals surface area contributed by atoms with Crippen molar-refractivity contribution < 1.29 is 43.7 Å². The smallest absolute Gasteiger partial charge is 0.410 e. The number of unbranched alkanes of at least 4 members (excludes halogenated alkanes) is 2. The number of benzene rings is 2. The number of aliphatic hydroxyl groups excluding tert-OH is 2. The second-order valence-corrected chi connectivity index (χ2v) is 14.5. The van der Waals surface area contributed by atoms with Crippen LogP contribution < -0.4 is 9.47 Å². The van der Waals surface area contributed by atoms with Gasteiger partial charge in [0.05, 0.1) is 29.8 Å². The number of carbonyl (C=O) groups excluding carboxylic acids is 1. The van der Waals surface area contributed by atoms with Gasteiger partial charge in [-0.3, -0.25) is 15.0 Å². The number of nitrogens with zero attached hydrogens (tertiary/aromatic N) is 3. The average molecular weight is 776 g/mol. The second kappa shape index (κ2) is 20.4. The summed E-state index contributed by atoms with van der Waals surface area (Å²) in [5, 5.41) is 35.7. The van der Waals surface area contributed by atoms with Crippen LogP contribution in [-0.4, -0.2) is 83.2 Å². The largest absolute Gasteiger partial charge is 0.490 e. The lowest BCUT2D eigenvalue weighted by Crippen LogP contribution is -2.70. The van der Waals surface area contributed by atoms with E-state index >= 15 is 0 Å². The van der Waals surface area contributed by atoms with E-state index in [0.29, 0.717) is 55.2 Å². The first-order valence-corrected chi connectivity index (χ1v) is 19.9. The highest BCUT2D eigenvalue weighted by Gasteiger charge is 2.65. The topological polar surface area (TPSA) is 162 Å². The lowest BCUT2D eigenvalue weighted by molar-refractivity contribution is -0.384. The Hall–Kier alpha value is -4.72. The Bertz CT molecular complexity index is 1710. The summed E-state index contributed by atoms with van der Waals surface area (Å²) in [6, 6.07) is 11.3. The molecule has 2 aromatic carbocycles. The number of allylic oxidation sites excluding steroid dienone is 1. The number of aliphatic hydroxyl groups is 2. The molecule has 0 saturated heterocycles. The SMILES string of the molecule is C=CCOc1ccc2c(c1)[C@H]1[C@H](CCCCO)[C@@H](CCCCO)C=C3C(=NOCc4ccc([N+](=O)[O-])cc4)C[C@H](N(CCC)C(=O)OCC)[C@@](OCC=C)(O2)[C@H]31. The molecule has 13 heteroatoms. The average Bonchev–Trinajstić information content (AvgIpc) is 3.20. The normalized spacial score (nSPS) is 24.2. The summed E-state index contributed by atoms with van der Waals surface area (Å²) >= 11 is 0. The number of oxime groups is 1. The van der Waals surface area contributed by atoms with E-state index in [9.17, 15) is 25.1 Å². The molecule has 6 atom stereocenters. The van der Waals surface area contributed by atoms with Crippen LogP contribution in [0.3, 0.4) is 0 Å². The number of amides is 1. The number of carbonyl (C=O) groups is 1. The highest BCUT2D eigenvalue weighted by Crippen LogP contribution is 2.62. The van der Waals surface area contributed by atoms with Gasteiger partial charge >= 0.3 is 6.09 Å². The van der Waals surface area contributed by atoms with Crippen molar-refractivity contribution in [1.29, 1.82) is 0 Å². The quantitative estimate of drug-likeness (QED) is 0.0521. The first kappa shape index (κ1) is 42.4. The van der Waals surface area contributed by atoms with E-state index in [4.69, 9.17) is 28.9 Å². The van der Waals surface area contributed by atoms with Crippen LogP contribution in [-0.2, 0) is 20.9 Å². The minimum Gasteiger partial charge on any atom is -0.490 e. The summed E-state index contributed by atoms with van der Waals surface area (Å²) in [5.74, 6) is -0.670. The Morgan fingerprint density at radius 3 is 2.45 bits per heavy atom. The van der Waals surface area contributed by atoms with Gasteiger partial charge in [0.1, 0.15) is 30.8 Å². The van der Waals surface area contributed by atoms with Gasteiger partial charge in [0.15, 0.2) is 0 Å². The van der Waals surface area contributed by atoms with Crippen molar-refractivity contribution in [1.82, 2.24) is 4.90 Å². The molecule has 0 bridgehead atoms. The monoisotopic (exact) mass is 775 g/mol. The first-order chi connectivity index (χ1) is 27.3. The maximum atomic E-state index is 13.9. The molecular weight excluding hydrogens is 718 g/mol. The van der Waals surface area contributed by atoms with E-state index in [-0.39, 0.29) is 62.9 Å². The van der Waals surface area contributed by atoms with Crippen LogP contribution in [0.25, 0.3) is 0 Å². The maximum Gasteiger partial charge on any atom is 0.410 e. The van der Waals surface area contributed by atoms with Crippen LogP contribution in [0.5, 0.6) is 11.5 Å². The predicted molar refractivity (Wildman–Crippen MR) is 213 cm³/mol. The van der Waals surface area contributed by atoms with Crippen molar-refractivity contribution in [2.75, 3.05) is 39.6 Å². The zero-order valence-electron chi connectivity index (χ0n) is 32.7. The van der Waals surface area contributed by atoms with Crippen LogP contribution in [0, 0.1) is 27.9 Å². The van der Waals surface area contributed by atoms with E-state index in [1.807, 2.05) is 25.1 Å². The Morgan fingerprint density at radius 1 is 1.05 bits per heavy atom. The Labute approximate surface area is 329 Å². The van der Waals surface area contributed by atoms with Crippen molar-refractivity contribution in [3.05, 3.63) is 101 Å². The van der Waals surface area contributed by atoms with Gasteiger partial charge in [-0.15, -0.1) is 6.58 Å². The summed E-state index contributed by atoms with van der Waals surface area (Å²) in [7, 11) is 0. The summed E-state index contributed by atoms with van der Waals surface area (Å²) in [5.41, 5.74) is 3.18. The van der Waals surface area contributed by atoms with Crippen molar-refractivity contribution in [2.45, 2.75) is 89.6 Å². The number of rotatable bonds is 22. The number of fused-ring (bicyclic) bond motifs is 2. The molecule has 0 spiro atoms. The van der Waals surface area contributed by atoms with Gasteiger partial charge in [-0.05, 0) is 92.3 Å². The third kappa shape index (κ3) is 9.45. The van der Waals surface area contributed by atoms with Gasteiger partial charge in [-0.25, -0.2) is 4.79 Å². The molecule has 56 heavy (non-hydrogen) atoms.